The van der Waals surface area contributed by atoms with Crippen LogP contribution in [0.25, 0.3) is 0 Å². The number of rotatable bonds is 4. The summed E-state index contributed by atoms with van der Waals surface area (Å²) in [5.74, 6) is -2.55. The van der Waals surface area contributed by atoms with Gasteiger partial charge in [0.1, 0.15) is 0 Å². The Hall–Kier alpha value is -3.15. The Balaban J connectivity index is 2.49. The summed E-state index contributed by atoms with van der Waals surface area (Å²) in [7, 11) is 1.17. The normalized spacial score (nSPS) is 10.0. The number of carboxylic acid groups (broad SMARTS) is 1. The van der Waals surface area contributed by atoms with Crippen LogP contribution in [-0.2, 0) is 4.74 Å². The number of methoxy groups -OCH3 is 1. The molecule has 0 aliphatic carbocycles. The molecular weight excluding hydrogens is 298 g/mol. The average Bonchev–Trinajstić information content (AvgIpc) is 2.55. The number of carbonyl (C=O) groups is 3. The van der Waals surface area contributed by atoms with Gasteiger partial charge in [-0.1, -0.05) is 24.3 Å². The molecule has 0 aliphatic rings. The standard InChI is InChI=1S/C17H15NO5/c1-10-8-9-12(14(16(20)21)13(10)17(22)23-2)18-15(19)11-6-4-3-5-7-11/h3-9H,1-2H3,(H,18,19)(H,20,21). The summed E-state index contributed by atoms with van der Waals surface area (Å²) in [5, 5.41) is 12.0. The van der Waals surface area contributed by atoms with Crippen molar-refractivity contribution in [3.63, 3.8) is 0 Å². The molecule has 0 atom stereocenters. The summed E-state index contributed by atoms with van der Waals surface area (Å²) in [6, 6.07) is 11.4. The zero-order chi connectivity index (χ0) is 17.0. The lowest BCUT2D eigenvalue weighted by Crippen LogP contribution is -2.19. The predicted molar refractivity (Wildman–Crippen MR) is 83.9 cm³/mol. The lowest BCUT2D eigenvalue weighted by Gasteiger charge is -2.14. The number of aryl methyl sites for hydroxylation is 1. The van der Waals surface area contributed by atoms with Gasteiger partial charge >= 0.3 is 11.9 Å². The smallest absolute Gasteiger partial charge is 0.339 e. The number of aromatic carboxylic acids is 1. The zero-order valence-electron chi connectivity index (χ0n) is 12.6. The molecule has 0 aliphatic heterocycles. The number of nitrogens with one attached hydrogen (secondary N) is 1. The van der Waals surface area contributed by atoms with Crippen molar-refractivity contribution < 1.29 is 24.2 Å². The number of anilines is 1. The van der Waals surface area contributed by atoms with Crippen molar-refractivity contribution in [3.8, 4) is 0 Å². The summed E-state index contributed by atoms with van der Waals surface area (Å²) < 4.78 is 4.64. The van der Waals surface area contributed by atoms with Crippen molar-refractivity contribution in [3.05, 3.63) is 64.7 Å². The van der Waals surface area contributed by atoms with Gasteiger partial charge in [0.15, 0.2) is 0 Å². The van der Waals surface area contributed by atoms with Gasteiger partial charge in [-0.05, 0) is 30.7 Å². The fraction of sp³-hybridized carbons (Fsp3) is 0.118. The van der Waals surface area contributed by atoms with E-state index in [1.165, 1.54) is 13.2 Å². The third kappa shape index (κ3) is 3.37. The number of ether oxygens (including phenoxy) is 1. The van der Waals surface area contributed by atoms with Crippen LogP contribution in [0.15, 0.2) is 42.5 Å². The highest BCUT2D eigenvalue weighted by Crippen LogP contribution is 2.25. The Morgan fingerprint density at radius 2 is 1.65 bits per heavy atom. The number of carbonyl (C=O) groups excluding carboxylic acids is 2. The van der Waals surface area contributed by atoms with Crippen LogP contribution in [0, 0.1) is 6.92 Å². The SMILES string of the molecule is COC(=O)c1c(C)ccc(NC(=O)c2ccccc2)c1C(=O)O. The van der Waals surface area contributed by atoms with Crippen molar-refractivity contribution in [2.45, 2.75) is 6.92 Å². The molecule has 2 N–H and O–H groups in total. The van der Waals surface area contributed by atoms with Gasteiger partial charge in [-0.3, -0.25) is 4.79 Å². The maximum absolute atomic E-state index is 12.2. The van der Waals surface area contributed by atoms with Crippen molar-refractivity contribution in [2.75, 3.05) is 12.4 Å². The second-order valence-corrected chi connectivity index (χ2v) is 4.80. The van der Waals surface area contributed by atoms with Crippen LogP contribution in [-0.4, -0.2) is 30.1 Å². The lowest BCUT2D eigenvalue weighted by atomic mass is 9.99. The third-order valence-electron chi connectivity index (χ3n) is 3.30. The summed E-state index contributed by atoms with van der Waals surface area (Å²) >= 11 is 0. The molecule has 0 aromatic heterocycles. The van der Waals surface area contributed by atoms with Crippen molar-refractivity contribution in [1.82, 2.24) is 0 Å². The number of esters is 1. The first kappa shape index (κ1) is 16.2. The van der Waals surface area contributed by atoms with Crippen molar-refractivity contribution in [1.29, 1.82) is 0 Å². The Morgan fingerprint density at radius 3 is 2.22 bits per heavy atom. The third-order valence-corrected chi connectivity index (χ3v) is 3.30. The molecule has 0 radical (unpaired) electrons. The van der Waals surface area contributed by atoms with Crippen LogP contribution < -0.4 is 5.32 Å². The van der Waals surface area contributed by atoms with Gasteiger partial charge in [0.05, 0.1) is 23.9 Å². The van der Waals surface area contributed by atoms with Gasteiger partial charge in [0.2, 0.25) is 0 Å². The van der Waals surface area contributed by atoms with Gasteiger partial charge in [-0.15, -0.1) is 0 Å². The summed E-state index contributed by atoms with van der Waals surface area (Å²) in [6.45, 7) is 1.60. The minimum Gasteiger partial charge on any atom is -0.478 e. The molecule has 2 aromatic carbocycles. The number of hydrogen-bond acceptors (Lipinski definition) is 4. The molecule has 2 rings (SSSR count). The predicted octanol–water partition coefficient (Wildman–Crippen LogP) is 2.73. The van der Waals surface area contributed by atoms with Crippen molar-refractivity contribution >= 4 is 23.5 Å². The lowest BCUT2D eigenvalue weighted by molar-refractivity contribution is 0.0582. The zero-order valence-corrected chi connectivity index (χ0v) is 12.6. The first-order chi connectivity index (χ1) is 11.0. The maximum Gasteiger partial charge on any atom is 0.339 e. The number of hydrogen-bond donors (Lipinski definition) is 2. The van der Waals surface area contributed by atoms with Gasteiger partial charge in [0, 0.05) is 5.56 Å². The molecule has 118 valence electrons. The molecular formula is C17H15NO5. The fourth-order valence-corrected chi connectivity index (χ4v) is 2.18. The first-order valence-corrected chi connectivity index (χ1v) is 6.77. The Labute approximate surface area is 132 Å². The Morgan fingerprint density at radius 1 is 1.00 bits per heavy atom. The molecule has 2 aromatic rings. The van der Waals surface area contributed by atoms with Crippen LogP contribution in [0.4, 0.5) is 5.69 Å². The van der Waals surface area contributed by atoms with E-state index < -0.39 is 17.8 Å². The van der Waals surface area contributed by atoms with E-state index in [9.17, 15) is 19.5 Å². The van der Waals surface area contributed by atoms with Crippen molar-refractivity contribution in [2.24, 2.45) is 0 Å². The minimum atomic E-state index is -1.32. The first-order valence-electron chi connectivity index (χ1n) is 6.77. The topological polar surface area (TPSA) is 92.7 Å². The molecule has 0 heterocycles. The van der Waals surface area contributed by atoms with Crippen LogP contribution in [0.1, 0.15) is 36.6 Å². The molecule has 0 fully saturated rings. The monoisotopic (exact) mass is 313 g/mol. The Kier molecular flexibility index (Phi) is 4.75. The van der Waals surface area contributed by atoms with Gasteiger partial charge < -0.3 is 15.2 Å². The minimum absolute atomic E-state index is 0.0392. The largest absolute Gasteiger partial charge is 0.478 e. The highest BCUT2D eigenvalue weighted by atomic mass is 16.5. The quantitative estimate of drug-likeness (QED) is 0.847. The molecule has 0 bridgehead atoms. The molecule has 1 amide bonds. The molecule has 0 saturated heterocycles. The fourth-order valence-electron chi connectivity index (χ4n) is 2.18. The molecule has 6 heteroatoms. The van der Waals surface area contributed by atoms with Crippen LogP contribution in [0.2, 0.25) is 0 Å². The van der Waals surface area contributed by atoms with Gasteiger partial charge in [0.25, 0.3) is 5.91 Å². The number of benzene rings is 2. The number of carboxylic acids is 1. The molecule has 0 saturated carbocycles. The second kappa shape index (κ2) is 6.74. The average molecular weight is 313 g/mol. The highest BCUT2D eigenvalue weighted by molar-refractivity contribution is 6.12. The van der Waals surface area contributed by atoms with Crippen LogP contribution in [0.5, 0.6) is 0 Å². The van der Waals surface area contributed by atoms with E-state index in [1.54, 1.807) is 43.3 Å². The number of amides is 1. The Bertz CT molecular complexity index is 768. The van der Waals surface area contributed by atoms with E-state index >= 15 is 0 Å². The van der Waals surface area contributed by atoms with E-state index in [4.69, 9.17) is 0 Å². The molecule has 6 nitrogen and oxygen atoms in total. The molecule has 23 heavy (non-hydrogen) atoms. The molecule has 0 unspecified atom stereocenters. The molecule has 0 spiro atoms. The van der Waals surface area contributed by atoms with Gasteiger partial charge in [-0.25, -0.2) is 9.59 Å². The van der Waals surface area contributed by atoms with E-state index in [1.807, 2.05) is 0 Å². The summed E-state index contributed by atoms with van der Waals surface area (Å²) in [5.41, 5.74) is 0.500. The maximum atomic E-state index is 12.2. The summed E-state index contributed by atoms with van der Waals surface area (Å²) in [6.07, 6.45) is 0. The van der Waals surface area contributed by atoms with Crippen LogP contribution in [0.3, 0.4) is 0 Å². The second-order valence-electron chi connectivity index (χ2n) is 4.80. The van der Waals surface area contributed by atoms with E-state index in [2.05, 4.69) is 10.1 Å². The van der Waals surface area contributed by atoms with E-state index in [-0.39, 0.29) is 16.8 Å². The summed E-state index contributed by atoms with van der Waals surface area (Å²) in [4.78, 5) is 35.6. The van der Waals surface area contributed by atoms with E-state index in [0.717, 1.165) is 0 Å². The van der Waals surface area contributed by atoms with E-state index in [0.29, 0.717) is 11.1 Å². The van der Waals surface area contributed by atoms with Crippen LogP contribution >= 0.6 is 0 Å². The highest BCUT2D eigenvalue weighted by Gasteiger charge is 2.24. The van der Waals surface area contributed by atoms with Gasteiger partial charge in [-0.2, -0.15) is 0 Å².